The summed E-state index contributed by atoms with van der Waals surface area (Å²) in [6.45, 7) is 5.12. The Labute approximate surface area is 154 Å². The predicted molar refractivity (Wildman–Crippen MR) is 102 cm³/mol. The van der Waals surface area contributed by atoms with Crippen LogP contribution in [0.15, 0.2) is 48.5 Å². The van der Waals surface area contributed by atoms with E-state index in [1.165, 1.54) is 0 Å². The first-order valence-electron chi connectivity index (χ1n) is 8.95. The summed E-state index contributed by atoms with van der Waals surface area (Å²) in [7, 11) is 0. The van der Waals surface area contributed by atoms with Crippen LogP contribution in [-0.2, 0) is 4.74 Å². The molecule has 0 aliphatic rings. The van der Waals surface area contributed by atoms with Gasteiger partial charge in [0.25, 0.3) is 5.91 Å². The van der Waals surface area contributed by atoms with Gasteiger partial charge in [0.2, 0.25) is 0 Å². The number of carbonyl (C=O) groups excluding carboxylic acids is 2. The van der Waals surface area contributed by atoms with E-state index in [1.807, 2.05) is 6.92 Å². The molecule has 0 fully saturated rings. The van der Waals surface area contributed by atoms with Gasteiger partial charge in [-0.15, -0.1) is 0 Å². The van der Waals surface area contributed by atoms with Gasteiger partial charge in [0.05, 0.1) is 18.8 Å². The van der Waals surface area contributed by atoms with Crippen molar-refractivity contribution in [3.63, 3.8) is 0 Å². The van der Waals surface area contributed by atoms with Gasteiger partial charge in [-0.3, -0.25) is 4.79 Å². The molecule has 1 N–H and O–H groups in total. The van der Waals surface area contributed by atoms with Gasteiger partial charge in [-0.25, -0.2) is 4.79 Å². The molecular formula is C21H25NO4. The summed E-state index contributed by atoms with van der Waals surface area (Å²) in [6.07, 6.45) is 2.86. The third-order valence-corrected chi connectivity index (χ3v) is 3.70. The monoisotopic (exact) mass is 355 g/mol. The van der Waals surface area contributed by atoms with Crippen molar-refractivity contribution < 1.29 is 19.1 Å². The van der Waals surface area contributed by atoms with E-state index in [1.54, 1.807) is 48.5 Å². The SMILES string of the molecule is CCCCOc1ccc(C(=O)Nc2ccc(C(=O)OCCC)cc2)cc1. The van der Waals surface area contributed by atoms with Gasteiger partial charge >= 0.3 is 5.97 Å². The maximum Gasteiger partial charge on any atom is 0.338 e. The zero-order valence-corrected chi connectivity index (χ0v) is 15.3. The van der Waals surface area contributed by atoms with Gasteiger partial charge in [0, 0.05) is 11.3 Å². The van der Waals surface area contributed by atoms with Crippen molar-refractivity contribution in [2.45, 2.75) is 33.1 Å². The molecule has 0 heterocycles. The maximum absolute atomic E-state index is 12.3. The molecule has 0 aliphatic carbocycles. The number of amides is 1. The third kappa shape index (κ3) is 5.92. The van der Waals surface area contributed by atoms with Crippen LogP contribution in [0.25, 0.3) is 0 Å². The molecule has 0 saturated heterocycles. The van der Waals surface area contributed by atoms with Crippen molar-refractivity contribution in [2.24, 2.45) is 0 Å². The Kier molecular flexibility index (Phi) is 7.68. The number of hydrogen-bond acceptors (Lipinski definition) is 4. The molecule has 0 spiro atoms. The van der Waals surface area contributed by atoms with E-state index in [2.05, 4.69) is 12.2 Å². The van der Waals surface area contributed by atoms with E-state index in [0.29, 0.717) is 30.0 Å². The molecule has 0 atom stereocenters. The summed E-state index contributed by atoms with van der Waals surface area (Å²) >= 11 is 0. The standard InChI is InChI=1S/C21H25NO4/c1-3-5-15-25-19-12-8-16(9-13-19)20(23)22-18-10-6-17(7-11-18)21(24)26-14-4-2/h6-13H,3-5,14-15H2,1-2H3,(H,22,23). The van der Waals surface area contributed by atoms with Crippen molar-refractivity contribution in [1.29, 1.82) is 0 Å². The van der Waals surface area contributed by atoms with Crippen molar-refractivity contribution in [3.05, 3.63) is 59.7 Å². The molecule has 138 valence electrons. The molecule has 5 heteroatoms. The van der Waals surface area contributed by atoms with Crippen molar-refractivity contribution >= 4 is 17.6 Å². The average molecular weight is 355 g/mol. The summed E-state index contributed by atoms with van der Waals surface area (Å²) < 4.78 is 10.7. The van der Waals surface area contributed by atoms with Crippen LogP contribution in [0, 0.1) is 0 Å². The quantitative estimate of drug-likeness (QED) is 0.524. The lowest BCUT2D eigenvalue weighted by Gasteiger charge is -2.08. The molecule has 0 aromatic heterocycles. The molecule has 1 amide bonds. The van der Waals surface area contributed by atoms with Crippen molar-refractivity contribution in [3.8, 4) is 5.75 Å². The molecule has 0 radical (unpaired) electrons. The molecule has 2 aromatic carbocycles. The van der Waals surface area contributed by atoms with Crippen LogP contribution in [0.3, 0.4) is 0 Å². The molecule has 0 bridgehead atoms. The molecule has 5 nitrogen and oxygen atoms in total. The zero-order chi connectivity index (χ0) is 18.8. The molecule has 2 aromatic rings. The number of benzene rings is 2. The Morgan fingerprint density at radius 3 is 2.12 bits per heavy atom. The topological polar surface area (TPSA) is 64.6 Å². The number of esters is 1. The van der Waals surface area contributed by atoms with Gasteiger partial charge in [-0.1, -0.05) is 20.3 Å². The number of unbranched alkanes of at least 4 members (excludes halogenated alkanes) is 1. The number of carbonyl (C=O) groups is 2. The van der Waals surface area contributed by atoms with Crippen molar-refractivity contribution in [1.82, 2.24) is 0 Å². The molecule has 2 rings (SSSR count). The molecular weight excluding hydrogens is 330 g/mol. The van der Waals surface area contributed by atoms with Crippen LogP contribution in [0.2, 0.25) is 0 Å². The van der Waals surface area contributed by atoms with Crippen LogP contribution < -0.4 is 10.1 Å². The first kappa shape index (κ1) is 19.5. The van der Waals surface area contributed by atoms with Gasteiger partial charge < -0.3 is 14.8 Å². The second kappa shape index (κ2) is 10.2. The highest BCUT2D eigenvalue weighted by Crippen LogP contribution is 2.16. The second-order valence-corrected chi connectivity index (χ2v) is 5.89. The summed E-state index contributed by atoms with van der Waals surface area (Å²) in [5.74, 6) is 0.180. The first-order valence-corrected chi connectivity index (χ1v) is 8.95. The highest BCUT2D eigenvalue weighted by atomic mass is 16.5. The van der Waals surface area contributed by atoms with Crippen LogP contribution >= 0.6 is 0 Å². The van der Waals surface area contributed by atoms with Gasteiger partial charge in [-0.05, 0) is 61.4 Å². The van der Waals surface area contributed by atoms with E-state index in [4.69, 9.17) is 9.47 Å². The lowest BCUT2D eigenvalue weighted by atomic mass is 10.1. The van der Waals surface area contributed by atoms with Gasteiger partial charge in [0.15, 0.2) is 0 Å². The lowest BCUT2D eigenvalue weighted by Crippen LogP contribution is -2.12. The first-order chi connectivity index (χ1) is 12.6. The average Bonchev–Trinajstić information content (AvgIpc) is 2.67. The van der Waals surface area contributed by atoms with Crippen molar-refractivity contribution in [2.75, 3.05) is 18.5 Å². The van der Waals surface area contributed by atoms with E-state index >= 15 is 0 Å². The van der Waals surface area contributed by atoms with E-state index < -0.39 is 0 Å². The van der Waals surface area contributed by atoms with E-state index in [0.717, 1.165) is 25.0 Å². The summed E-state index contributed by atoms with van der Waals surface area (Å²) in [4.78, 5) is 24.1. The molecule has 0 aliphatic heterocycles. The molecule has 0 saturated carbocycles. The predicted octanol–water partition coefficient (Wildman–Crippen LogP) is 4.68. The van der Waals surface area contributed by atoms with Crippen LogP contribution in [0.1, 0.15) is 53.8 Å². The molecule has 0 unspecified atom stereocenters. The number of anilines is 1. The summed E-state index contributed by atoms with van der Waals surface area (Å²) in [5, 5.41) is 2.81. The number of hydrogen-bond donors (Lipinski definition) is 1. The highest BCUT2D eigenvalue weighted by Gasteiger charge is 2.09. The van der Waals surface area contributed by atoms with E-state index in [-0.39, 0.29) is 11.9 Å². The Bertz CT molecular complexity index is 708. The number of ether oxygens (including phenoxy) is 2. The van der Waals surface area contributed by atoms with Crippen LogP contribution in [-0.4, -0.2) is 25.1 Å². The fraction of sp³-hybridized carbons (Fsp3) is 0.333. The second-order valence-electron chi connectivity index (χ2n) is 5.89. The Morgan fingerprint density at radius 2 is 1.50 bits per heavy atom. The fourth-order valence-corrected chi connectivity index (χ4v) is 2.21. The summed E-state index contributed by atoms with van der Waals surface area (Å²) in [6, 6.07) is 13.7. The minimum Gasteiger partial charge on any atom is -0.494 e. The van der Waals surface area contributed by atoms with E-state index in [9.17, 15) is 9.59 Å². The number of rotatable bonds is 9. The normalized spacial score (nSPS) is 10.2. The Morgan fingerprint density at radius 1 is 0.846 bits per heavy atom. The maximum atomic E-state index is 12.3. The fourth-order valence-electron chi connectivity index (χ4n) is 2.21. The minimum atomic E-state index is -0.358. The highest BCUT2D eigenvalue weighted by molar-refractivity contribution is 6.04. The van der Waals surface area contributed by atoms with Crippen LogP contribution in [0.5, 0.6) is 5.75 Å². The third-order valence-electron chi connectivity index (χ3n) is 3.70. The zero-order valence-electron chi connectivity index (χ0n) is 15.3. The minimum absolute atomic E-state index is 0.216. The Hall–Kier alpha value is -2.82. The number of nitrogens with one attached hydrogen (secondary N) is 1. The largest absolute Gasteiger partial charge is 0.494 e. The van der Waals surface area contributed by atoms with Gasteiger partial charge in [-0.2, -0.15) is 0 Å². The Balaban J connectivity index is 1.91. The lowest BCUT2D eigenvalue weighted by molar-refractivity contribution is 0.0505. The summed E-state index contributed by atoms with van der Waals surface area (Å²) in [5.41, 5.74) is 1.62. The smallest absolute Gasteiger partial charge is 0.338 e. The van der Waals surface area contributed by atoms with Crippen LogP contribution in [0.4, 0.5) is 5.69 Å². The molecule has 26 heavy (non-hydrogen) atoms. The van der Waals surface area contributed by atoms with Gasteiger partial charge in [0.1, 0.15) is 5.75 Å².